The Morgan fingerprint density at radius 2 is 2.21 bits per heavy atom. The van der Waals surface area contributed by atoms with E-state index in [1.807, 2.05) is 31.5 Å². The Kier molecular flexibility index (Phi) is 2.79. The zero-order chi connectivity index (χ0) is 13.2. The van der Waals surface area contributed by atoms with E-state index in [1.165, 1.54) is 0 Å². The highest BCUT2D eigenvalue weighted by Gasteiger charge is 2.01. The third-order valence-corrected chi connectivity index (χ3v) is 2.83. The van der Waals surface area contributed by atoms with E-state index in [4.69, 9.17) is 0 Å². The summed E-state index contributed by atoms with van der Waals surface area (Å²) >= 11 is 0. The first-order chi connectivity index (χ1) is 9.20. The summed E-state index contributed by atoms with van der Waals surface area (Å²) in [4.78, 5) is 4.34. The number of hydrogen-bond acceptors (Lipinski definition) is 4. The van der Waals surface area contributed by atoms with E-state index < -0.39 is 0 Å². The van der Waals surface area contributed by atoms with E-state index in [2.05, 4.69) is 15.4 Å². The van der Waals surface area contributed by atoms with Gasteiger partial charge in [0.15, 0.2) is 5.65 Å². The van der Waals surface area contributed by atoms with Crippen LogP contribution in [0.2, 0.25) is 0 Å². The summed E-state index contributed by atoms with van der Waals surface area (Å²) in [6, 6.07) is 8.97. The van der Waals surface area contributed by atoms with Crippen molar-refractivity contribution >= 4 is 11.3 Å². The van der Waals surface area contributed by atoms with Gasteiger partial charge in [-0.2, -0.15) is 5.10 Å². The maximum atomic E-state index is 9.39. The number of fused-ring (bicyclic) bond motifs is 1. The summed E-state index contributed by atoms with van der Waals surface area (Å²) < 4.78 is 1.77. The Morgan fingerprint density at radius 1 is 1.32 bits per heavy atom. The molecule has 2 N–H and O–H groups in total. The lowest BCUT2D eigenvalue weighted by Gasteiger charge is -2.06. The van der Waals surface area contributed by atoms with Crippen LogP contribution >= 0.6 is 0 Å². The van der Waals surface area contributed by atoms with Gasteiger partial charge in [-0.1, -0.05) is 6.07 Å². The number of aryl methyl sites for hydroxylation is 1. The Bertz CT molecular complexity index is 720. The van der Waals surface area contributed by atoms with Gasteiger partial charge in [-0.3, -0.25) is 0 Å². The molecule has 3 aromatic rings. The van der Waals surface area contributed by atoms with Crippen LogP contribution in [0, 0.1) is 6.92 Å². The fraction of sp³-hybridized carbons (Fsp3) is 0.143. The first kappa shape index (κ1) is 11.5. The van der Waals surface area contributed by atoms with Crippen molar-refractivity contribution in [3.8, 4) is 5.75 Å². The van der Waals surface area contributed by atoms with Crippen LogP contribution in [-0.2, 0) is 6.54 Å². The van der Waals surface area contributed by atoms with E-state index in [0.717, 1.165) is 22.6 Å². The van der Waals surface area contributed by atoms with Crippen LogP contribution in [0.25, 0.3) is 5.65 Å². The molecule has 5 heteroatoms. The Labute approximate surface area is 110 Å². The molecule has 0 saturated heterocycles. The molecule has 0 aliphatic heterocycles. The number of benzene rings is 1. The predicted molar refractivity (Wildman–Crippen MR) is 73.2 cm³/mol. The number of aromatic nitrogens is 3. The molecule has 0 spiro atoms. The van der Waals surface area contributed by atoms with Crippen LogP contribution in [0.1, 0.15) is 11.3 Å². The van der Waals surface area contributed by atoms with E-state index in [9.17, 15) is 5.11 Å². The van der Waals surface area contributed by atoms with Gasteiger partial charge in [0.1, 0.15) is 5.75 Å². The quantitative estimate of drug-likeness (QED) is 0.753. The van der Waals surface area contributed by atoms with Crippen LogP contribution in [0.5, 0.6) is 5.75 Å². The molecule has 1 aromatic carbocycles. The van der Waals surface area contributed by atoms with Crippen molar-refractivity contribution in [2.24, 2.45) is 0 Å². The Balaban J connectivity index is 1.78. The lowest BCUT2D eigenvalue weighted by molar-refractivity contribution is 0.475. The molecule has 0 unspecified atom stereocenters. The minimum atomic E-state index is 0.251. The second-order valence-corrected chi connectivity index (χ2v) is 4.45. The van der Waals surface area contributed by atoms with Crippen molar-refractivity contribution in [2.75, 3.05) is 5.32 Å². The molecule has 0 fully saturated rings. The van der Waals surface area contributed by atoms with Gasteiger partial charge in [0.05, 0.1) is 5.69 Å². The molecule has 0 aliphatic rings. The average Bonchev–Trinajstić information content (AvgIpc) is 2.75. The lowest BCUT2D eigenvalue weighted by atomic mass is 10.3. The molecule has 2 aromatic heterocycles. The van der Waals surface area contributed by atoms with Crippen molar-refractivity contribution < 1.29 is 5.11 Å². The second-order valence-electron chi connectivity index (χ2n) is 4.45. The molecular weight excluding hydrogens is 240 g/mol. The monoisotopic (exact) mass is 254 g/mol. The van der Waals surface area contributed by atoms with E-state index in [0.29, 0.717) is 6.54 Å². The molecule has 3 rings (SSSR count). The molecule has 2 heterocycles. The summed E-state index contributed by atoms with van der Waals surface area (Å²) in [6.07, 6.45) is 3.78. The molecule has 0 aliphatic carbocycles. The Hall–Kier alpha value is -2.56. The molecule has 5 nitrogen and oxygen atoms in total. The number of phenols is 1. The SMILES string of the molecule is Cc1cc2ncc(CNc3cccc(O)c3)cn2n1. The third-order valence-electron chi connectivity index (χ3n) is 2.83. The number of rotatable bonds is 3. The topological polar surface area (TPSA) is 62.5 Å². The van der Waals surface area contributed by atoms with Crippen LogP contribution in [0.4, 0.5) is 5.69 Å². The zero-order valence-electron chi connectivity index (χ0n) is 10.5. The standard InChI is InChI=1S/C14H14N4O/c1-10-5-14-16-8-11(9-18(14)17-10)7-15-12-3-2-4-13(19)6-12/h2-6,8-9,15,19H,7H2,1H3. The summed E-state index contributed by atoms with van der Waals surface area (Å²) in [5.41, 5.74) is 3.69. The normalized spacial score (nSPS) is 10.8. The molecule has 0 atom stereocenters. The predicted octanol–water partition coefficient (Wildman–Crippen LogP) is 2.36. The molecule has 0 saturated carbocycles. The van der Waals surface area contributed by atoms with E-state index >= 15 is 0 Å². The molecule has 0 radical (unpaired) electrons. The van der Waals surface area contributed by atoms with Crippen molar-refractivity contribution in [3.05, 3.63) is 54.0 Å². The van der Waals surface area contributed by atoms with Crippen LogP contribution in [-0.4, -0.2) is 19.7 Å². The molecule has 0 amide bonds. The van der Waals surface area contributed by atoms with Crippen molar-refractivity contribution in [1.82, 2.24) is 14.6 Å². The summed E-state index contributed by atoms with van der Waals surface area (Å²) in [7, 11) is 0. The molecule has 96 valence electrons. The average molecular weight is 254 g/mol. The second kappa shape index (κ2) is 4.61. The number of nitrogens with one attached hydrogen (secondary N) is 1. The first-order valence-corrected chi connectivity index (χ1v) is 6.04. The zero-order valence-corrected chi connectivity index (χ0v) is 10.5. The maximum Gasteiger partial charge on any atom is 0.155 e. The van der Waals surface area contributed by atoms with Gasteiger partial charge in [0, 0.05) is 42.3 Å². The van der Waals surface area contributed by atoms with Crippen LogP contribution in [0.3, 0.4) is 0 Å². The van der Waals surface area contributed by atoms with Crippen molar-refractivity contribution in [3.63, 3.8) is 0 Å². The van der Waals surface area contributed by atoms with Crippen LogP contribution < -0.4 is 5.32 Å². The number of nitrogens with zero attached hydrogens (tertiary/aromatic N) is 3. The number of phenolic OH excluding ortho intramolecular Hbond substituents is 1. The van der Waals surface area contributed by atoms with Gasteiger partial charge in [-0.15, -0.1) is 0 Å². The molecule has 19 heavy (non-hydrogen) atoms. The Morgan fingerprint density at radius 3 is 3.05 bits per heavy atom. The fourth-order valence-electron chi connectivity index (χ4n) is 1.95. The highest BCUT2D eigenvalue weighted by Crippen LogP contribution is 2.16. The number of anilines is 1. The van der Waals surface area contributed by atoms with E-state index in [-0.39, 0.29) is 5.75 Å². The van der Waals surface area contributed by atoms with Gasteiger partial charge >= 0.3 is 0 Å². The summed E-state index contributed by atoms with van der Waals surface area (Å²) in [5.74, 6) is 0.251. The summed E-state index contributed by atoms with van der Waals surface area (Å²) in [6.45, 7) is 2.57. The minimum absolute atomic E-state index is 0.251. The minimum Gasteiger partial charge on any atom is -0.508 e. The molecular formula is C14H14N4O. The first-order valence-electron chi connectivity index (χ1n) is 6.04. The van der Waals surface area contributed by atoms with Crippen LogP contribution in [0.15, 0.2) is 42.7 Å². The highest BCUT2D eigenvalue weighted by atomic mass is 16.3. The summed E-state index contributed by atoms with van der Waals surface area (Å²) in [5, 5.41) is 16.9. The largest absolute Gasteiger partial charge is 0.508 e. The van der Waals surface area contributed by atoms with Crippen molar-refractivity contribution in [1.29, 1.82) is 0 Å². The lowest BCUT2D eigenvalue weighted by Crippen LogP contribution is -2.02. The molecule has 0 bridgehead atoms. The van der Waals surface area contributed by atoms with Gasteiger partial charge in [0.2, 0.25) is 0 Å². The maximum absolute atomic E-state index is 9.39. The van der Waals surface area contributed by atoms with E-state index in [1.54, 1.807) is 22.7 Å². The fourth-order valence-corrected chi connectivity index (χ4v) is 1.95. The van der Waals surface area contributed by atoms with Crippen molar-refractivity contribution in [2.45, 2.75) is 13.5 Å². The number of hydrogen-bond donors (Lipinski definition) is 2. The third kappa shape index (κ3) is 2.49. The van der Waals surface area contributed by atoms with Gasteiger partial charge < -0.3 is 10.4 Å². The van der Waals surface area contributed by atoms with Gasteiger partial charge in [0.25, 0.3) is 0 Å². The number of aromatic hydroxyl groups is 1. The highest BCUT2D eigenvalue weighted by molar-refractivity contribution is 5.48. The van der Waals surface area contributed by atoms with Gasteiger partial charge in [-0.25, -0.2) is 9.50 Å². The smallest absolute Gasteiger partial charge is 0.155 e. The van der Waals surface area contributed by atoms with Gasteiger partial charge in [-0.05, 0) is 19.1 Å².